The average Bonchev–Trinajstić information content (AvgIpc) is 3.22. The summed E-state index contributed by atoms with van der Waals surface area (Å²) in [4.78, 5) is 23.9. The van der Waals surface area contributed by atoms with Gasteiger partial charge >= 0.3 is 0 Å². The molecule has 2 N–H and O–H groups in total. The highest BCUT2D eigenvalue weighted by molar-refractivity contribution is 8.01. The Morgan fingerprint density at radius 1 is 0.962 bits per heavy atom. The Balaban J connectivity index is 1.45. The maximum Gasteiger partial charge on any atom is 0.236 e. The van der Waals surface area contributed by atoms with Crippen LogP contribution in [0, 0.1) is 6.92 Å². The molecule has 0 saturated carbocycles. The number of amides is 2. The highest BCUT2D eigenvalue weighted by atomic mass is 32.2. The highest BCUT2D eigenvalue weighted by Gasteiger charge is 2.12. The lowest BCUT2D eigenvalue weighted by Crippen LogP contribution is -2.14. The van der Waals surface area contributed by atoms with Crippen molar-refractivity contribution in [3.8, 4) is 0 Å². The Labute approximate surface area is 161 Å². The Bertz CT molecular complexity index is 896. The topological polar surface area (TPSA) is 110 Å². The van der Waals surface area contributed by atoms with E-state index < -0.39 is 0 Å². The van der Waals surface area contributed by atoms with E-state index in [-0.39, 0.29) is 24.0 Å². The van der Waals surface area contributed by atoms with E-state index in [1.807, 2.05) is 37.3 Å². The quantitative estimate of drug-likeness (QED) is 0.458. The van der Waals surface area contributed by atoms with Crippen molar-refractivity contribution in [2.45, 2.75) is 17.7 Å². The third-order valence-electron chi connectivity index (χ3n) is 2.96. The molecule has 8 nitrogen and oxygen atoms in total. The fraction of sp³-hybridized carbons (Fsp3) is 0.200. The first-order chi connectivity index (χ1) is 12.6. The molecule has 0 aliphatic carbocycles. The van der Waals surface area contributed by atoms with E-state index in [4.69, 9.17) is 0 Å². The Morgan fingerprint density at radius 2 is 1.65 bits per heavy atom. The molecule has 3 rings (SSSR count). The van der Waals surface area contributed by atoms with Crippen LogP contribution in [0.1, 0.15) is 10.6 Å². The number of thioether (sulfide) groups is 1. The molecule has 134 valence electrons. The number of rotatable bonds is 7. The second-order valence-electron chi connectivity index (χ2n) is 5.05. The van der Waals surface area contributed by atoms with E-state index in [1.54, 1.807) is 0 Å². The molecule has 0 saturated heterocycles. The van der Waals surface area contributed by atoms with Crippen molar-refractivity contribution in [3.05, 3.63) is 40.9 Å². The molecule has 2 amide bonds. The number of carbonyl (C=O) groups is 2. The van der Waals surface area contributed by atoms with Gasteiger partial charge in [-0.1, -0.05) is 64.8 Å². The highest BCUT2D eigenvalue weighted by Crippen LogP contribution is 2.25. The van der Waals surface area contributed by atoms with Gasteiger partial charge in [0.25, 0.3) is 0 Å². The number of hydrogen-bond acceptors (Lipinski definition) is 9. The maximum atomic E-state index is 12.0. The van der Waals surface area contributed by atoms with Gasteiger partial charge in [-0.2, -0.15) is 0 Å². The van der Waals surface area contributed by atoms with Crippen molar-refractivity contribution >= 4 is 56.5 Å². The maximum absolute atomic E-state index is 12.0. The van der Waals surface area contributed by atoms with Crippen molar-refractivity contribution < 1.29 is 9.59 Å². The van der Waals surface area contributed by atoms with Crippen LogP contribution in [-0.2, 0) is 16.0 Å². The van der Waals surface area contributed by atoms with Gasteiger partial charge in [0, 0.05) is 0 Å². The zero-order chi connectivity index (χ0) is 18.4. The van der Waals surface area contributed by atoms with Crippen LogP contribution in [0.3, 0.4) is 0 Å². The van der Waals surface area contributed by atoms with Gasteiger partial charge < -0.3 is 5.32 Å². The summed E-state index contributed by atoms with van der Waals surface area (Å²) < 4.78 is 0.601. The van der Waals surface area contributed by atoms with Crippen LogP contribution in [0.4, 0.5) is 10.3 Å². The van der Waals surface area contributed by atoms with Gasteiger partial charge in [0.05, 0.1) is 12.2 Å². The largest absolute Gasteiger partial charge is 0.300 e. The zero-order valence-corrected chi connectivity index (χ0v) is 16.1. The number of hydrogen-bond donors (Lipinski definition) is 2. The van der Waals surface area contributed by atoms with Crippen molar-refractivity contribution in [1.29, 1.82) is 0 Å². The van der Waals surface area contributed by atoms with Crippen LogP contribution in [0.5, 0.6) is 0 Å². The summed E-state index contributed by atoms with van der Waals surface area (Å²) in [6, 6.07) is 9.45. The van der Waals surface area contributed by atoms with Crippen LogP contribution in [0.15, 0.2) is 34.7 Å². The van der Waals surface area contributed by atoms with E-state index in [0.717, 1.165) is 10.6 Å². The fourth-order valence-corrected chi connectivity index (χ4v) is 4.07. The number of nitrogens with zero attached hydrogens (tertiary/aromatic N) is 4. The van der Waals surface area contributed by atoms with Gasteiger partial charge in [-0.3, -0.25) is 14.9 Å². The predicted molar refractivity (Wildman–Crippen MR) is 103 cm³/mol. The zero-order valence-electron chi connectivity index (χ0n) is 13.6. The van der Waals surface area contributed by atoms with Gasteiger partial charge in [-0.15, -0.1) is 20.4 Å². The van der Waals surface area contributed by atoms with Gasteiger partial charge in [0.15, 0.2) is 4.34 Å². The normalized spacial score (nSPS) is 10.5. The molecule has 0 atom stereocenters. The third kappa shape index (κ3) is 5.58. The molecule has 0 fully saturated rings. The molecule has 26 heavy (non-hydrogen) atoms. The molecule has 0 radical (unpaired) electrons. The lowest BCUT2D eigenvalue weighted by atomic mass is 10.1. The average molecular weight is 407 g/mol. The fourth-order valence-electron chi connectivity index (χ4n) is 1.89. The molecule has 0 spiro atoms. The second-order valence-corrected chi connectivity index (χ2v) is 8.43. The first kappa shape index (κ1) is 18.4. The lowest BCUT2D eigenvalue weighted by molar-refractivity contribution is -0.115. The Hall–Kier alpha value is -2.37. The van der Waals surface area contributed by atoms with Crippen LogP contribution < -0.4 is 10.6 Å². The molecule has 0 bridgehead atoms. The van der Waals surface area contributed by atoms with Gasteiger partial charge in [0.1, 0.15) is 5.01 Å². The molecular formula is C15H14N6O2S3. The third-order valence-corrected chi connectivity index (χ3v) is 5.69. The summed E-state index contributed by atoms with van der Waals surface area (Å²) in [5, 5.41) is 22.6. The molecule has 1 aromatic carbocycles. The Morgan fingerprint density at radius 3 is 2.38 bits per heavy atom. The molecule has 0 aliphatic rings. The predicted octanol–water partition coefficient (Wildman–Crippen LogP) is 2.61. The number of carbonyl (C=O) groups excluding carboxylic acids is 2. The van der Waals surface area contributed by atoms with Crippen LogP contribution in [0.25, 0.3) is 0 Å². The summed E-state index contributed by atoms with van der Waals surface area (Å²) in [5.41, 5.74) is 0.924. The first-order valence-corrected chi connectivity index (χ1v) is 10.1. The second kappa shape index (κ2) is 8.83. The summed E-state index contributed by atoms with van der Waals surface area (Å²) in [5.74, 6) is -0.185. The summed E-state index contributed by atoms with van der Waals surface area (Å²) in [6.07, 6.45) is 0.270. The van der Waals surface area contributed by atoms with Gasteiger partial charge in [0.2, 0.25) is 22.1 Å². The van der Waals surface area contributed by atoms with Gasteiger partial charge in [-0.05, 0) is 12.5 Å². The van der Waals surface area contributed by atoms with E-state index in [0.29, 0.717) is 14.6 Å². The molecule has 3 aromatic rings. The van der Waals surface area contributed by atoms with Crippen LogP contribution in [-0.4, -0.2) is 38.0 Å². The minimum atomic E-state index is -0.198. The number of aromatic nitrogens is 4. The molecule has 11 heteroatoms. The summed E-state index contributed by atoms with van der Waals surface area (Å²) in [6.45, 7) is 1.82. The van der Waals surface area contributed by atoms with Crippen molar-refractivity contribution in [2.24, 2.45) is 0 Å². The number of anilines is 2. The summed E-state index contributed by atoms with van der Waals surface area (Å²) in [7, 11) is 0. The number of benzene rings is 1. The van der Waals surface area contributed by atoms with Crippen LogP contribution >= 0.6 is 34.4 Å². The first-order valence-electron chi connectivity index (χ1n) is 7.48. The smallest absolute Gasteiger partial charge is 0.236 e. The van der Waals surface area contributed by atoms with Gasteiger partial charge in [-0.25, -0.2) is 0 Å². The molecule has 2 heterocycles. The van der Waals surface area contributed by atoms with Crippen molar-refractivity contribution in [3.63, 3.8) is 0 Å². The van der Waals surface area contributed by atoms with Crippen LogP contribution in [0.2, 0.25) is 0 Å². The molecule has 0 aliphatic heterocycles. The molecule has 0 unspecified atom stereocenters. The van der Waals surface area contributed by atoms with E-state index in [2.05, 4.69) is 31.0 Å². The van der Waals surface area contributed by atoms with E-state index in [1.165, 1.54) is 34.4 Å². The van der Waals surface area contributed by atoms with E-state index in [9.17, 15) is 9.59 Å². The number of nitrogens with one attached hydrogen (secondary N) is 2. The molecular weight excluding hydrogens is 392 g/mol. The lowest BCUT2D eigenvalue weighted by Gasteiger charge is -2.00. The SMILES string of the molecule is Cc1nnc(NC(=O)CSc2nnc(NC(=O)Cc3ccccc3)s2)s1. The van der Waals surface area contributed by atoms with E-state index >= 15 is 0 Å². The van der Waals surface area contributed by atoms with Crippen molar-refractivity contribution in [1.82, 2.24) is 20.4 Å². The minimum absolute atomic E-state index is 0.159. The van der Waals surface area contributed by atoms with Crippen molar-refractivity contribution in [2.75, 3.05) is 16.4 Å². The monoisotopic (exact) mass is 406 g/mol. The molecule has 2 aromatic heterocycles. The standard InChI is InChI=1S/C15H14N6O2S3/c1-9-18-19-13(25-9)17-12(23)8-24-15-21-20-14(26-15)16-11(22)7-10-5-3-2-4-6-10/h2-6H,7-8H2,1H3,(H,16,20,22)(H,17,19,23). The Kier molecular flexibility index (Phi) is 6.26. The summed E-state index contributed by atoms with van der Waals surface area (Å²) >= 11 is 3.79. The number of aryl methyl sites for hydroxylation is 1. The minimum Gasteiger partial charge on any atom is -0.300 e.